The Hall–Kier alpha value is -1.92. The van der Waals surface area contributed by atoms with Gasteiger partial charge in [0.25, 0.3) is 0 Å². The number of carbonyl (C=O) groups excluding carboxylic acids is 2. The third-order valence-electron chi connectivity index (χ3n) is 6.37. The highest BCUT2D eigenvalue weighted by atomic mass is 16.5. The van der Waals surface area contributed by atoms with Gasteiger partial charge in [-0.2, -0.15) is 0 Å². The van der Waals surface area contributed by atoms with Crippen LogP contribution in [-0.2, 0) is 4.79 Å². The molecule has 1 aromatic carbocycles. The number of benzene rings is 1. The summed E-state index contributed by atoms with van der Waals surface area (Å²) < 4.78 is 5.86. The van der Waals surface area contributed by atoms with E-state index in [0.29, 0.717) is 31.3 Å². The lowest BCUT2D eigenvalue weighted by Crippen LogP contribution is -2.52. The molecule has 0 radical (unpaired) electrons. The number of nitrogens with zero attached hydrogens (tertiary/aromatic N) is 3. The molecule has 0 saturated carbocycles. The normalized spacial score (nSPS) is 21.9. The first kappa shape index (κ1) is 21.8. The minimum absolute atomic E-state index is 0.106. The molecule has 3 rings (SSSR count). The van der Waals surface area contributed by atoms with E-state index >= 15 is 0 Å². The molecule has 0 spiro atoms. The first-order valence-electron chi connectivity index (χ1n) is 11.0. The van der Waals surface area contributed by atoms with Crippen LogP contribution in [0.15, 0.2) is 24.3 Å². The summed E-state index contributed by atoms with van der Waals surface area (Å²) >= 11 is 0. The Morgan fingerprint density at radius 3 is 2.38 bits per heavy atom. The number of ketones is 1. The fourth-order valence-corrected chi connectivity index (χ4v) is 4.33. The highest BCUT2D eigenvalue weighted by molar-refractivity contribution is 6.00. The number of amides is 1. The van der Waals surface area contributed by atoms with E-state index in [2.05, 4.69) is 16.7 Å². The zero-order chi connectivity index (χ0) is 20.8. The Morgan fingerprint density at radius 1 is 1.10 bits per heavy atom. The molecule has 6 nitrogen and oxygen atoms in total. The molecule has 6 heteroatoms. The number of carbonyl (C=O) groups is 2. The predicted molar refractivity (Wildman–Crippen MR) is 114 cm³/mol. The monoisotopic (exact) mass is 401 g/mol. The number of likely N-dealkylation sites (tertiary alicyclic amines) is 1. The van der Waals surface area contributed by atoms with Crippen molar-refractivity contribution in [3.63, 3.8) is 0 Å². The summed E-state index contributed by atoms with van der Waals surface area (Å²) in [6, 6.07) is 8.04. The molecule has 0 aromatic heterocycles. The average molecular weight is 402 g/mol. The summed E-state index contributed by atoms with van der Waals surface area (Å²) in [7, 11) is 0. The standard InChI is InChI=1S/C23H35N3O3/c1-18-6-4-11-24(18)12-5-17-29-22-9-7-21(8-10-22)23(28)19(2)25-13-15-26(16-14-25)20(3)27/h7-10,18-19H,4-6,11-17H2,1-3H3. The maximum Gasteiger partial charge on any atom is 0.219 e. The second kappa shape index (κ2) is 10.2. The number of Topliss-reactive ketones (excluding diaryl/α,β-unsaturated/α-hetero) is 1. The van der Waals surface area contributed by atoms with Gasteiger partial charge in [-0.1, -0.05) is 0 Å². The van der Waals surface area contributed by atoms with Gasteiger partial charge in [0.1, 0.15) is 5.75 Å². The van der Waals surface area contributed by atoms with Crippen molar-refractivity contribution in [3.8, 4) is 5.75 Å². The summed E-state index contributed by atoms with van der Waals surface area (Å²) in [6.07, 6.45) is 3.64. The molecule has 0 N–H and O–H groups in total. The number of hydrogen-bond acceptors (Lipinski definition) is 5. The number of rotatable bonds is 8. The van der Waals surface area contributed by atoms with Crippen LogP contribution in [0.5, 0.6) is 5.75 Å². The van der Waals surface area contributed by atoms with Crippen molar-refractivity contribution >= 4 is 11.7 Å². The van der Waals surface area contributed by atoms with E-state index in [1.54, 1.807) is 6.92 Å². The third kappa shape index (κ3) is 5.80. The van der Waals surface area contributed by atoms with Gasteiger partial charge in [0.2, 0.25) is 5.91 Å². The van der Waals surface area contributed by atoms with Crippen LogP contribution in [0.2, 0.25) is 0 Å². The van der Waals surface area contributed by atoms with Gasteiger partial charge in [-0.3, -0.25) is 14.5 Å². The fraction of sp³-hybridized carbons (Fsp3) is 0.652. The molecule has 2 atom stereocenters. The molecule has 1 aromatic rings. The van der Waals surface area contributed by atoms with Crippen molar-refractivity contribution in [1.29, 1.82) is 0 Å². The van der Waals surface area contributed by atoms with E-state index in [1.165, 1.54) is 19.4 Å². The summed E-state index contributed by atoms with van der Waals surface area (Å²) in [5, 5.41) is 0. The first-order chi connectivity index (χ1) is 14.0. The van der Waals surface area contributed by atoms with Crippen LogP contribution >= 0.6 is 0 Å². The van der Waals surface area contributed by atoms with Gasteiger partial charge in [-0.05, 0) is 63.9 Å². The summed E-state index contributed by atoms with van der Waals surface area (Å²) in [5.74, 6) is 1.05. The quantitative estimate of drug-likeness (QED) is 0.495. The minimum Gasteiger partial charge on any atom is -0.494 e. The largest absolute Gasteiger partial charge is 0.494 e. The van der Waals surface area contributed by atoms with E-state index < -0.39 is 0 Å². The van der Waals surface area contributed by atoms with Crippen molar-refractivity contribution in [1.82, 2.24) is 14.7 Å². The van der Waals surface area contributed by atoms with Crippen molar-refractivity contribution in [2.45, 2.75) is 52.1 Å². The average Bonchev–Trinajstić information content (AvgIpc) is 3.15. The predicted octanol–water partition coefficient (Wildman–Crippen LogP) is 2.68. The molecule has 0 aliphatic carbocycles. The van der Waals surface area contributed by atoms with Gasteiger partial charge < -0.3 is 14.5 Å². The van der Waals surface area contributed by atoms with Crippen molar-refractivity contribution < 1.29 is 14.3 Å². The van der Waals surface area contributed by atoms with E-state index in [0.717, 1.165) is 31.8 Å². The molecular formula is C23H35N3O3. The van der Waals surface area contributed by atoms with Gasteiger partial charge in [0.15, 0.2) is 5.78 Å². The van der Waals surface area contributed by atoms with Crippen LogP contribution in [0.3, 0.4) is 0 Å². The third-order valence-corrected chi connectivity index (χ3v) is 6.37. The van der Waals surface area contributed by atoms with Crippen LogP contribution in [0.25, 0.3) is 0 Å². The van der Waals surface area contributed by atoms with Gasteiger partial charge in [-0.25, -0.2) is 0 Å². The molecule has 29 heavy (non-hydrogen) atoms. The maximum absolute atomic E-state index is 12.8. The number of ether oxygens (including phenoxy) is 1. The molecule has 1 amide bonds. The summed E-state index contributed by atoms with van der Waals surface area (Å²) in [5.41, 5.74) is 0.713. The molecular weight excluding hydrogens is 366 g/mol. The zero-order valence-corrected chi connectivity index (χ0v) is 18.1. The molecule has 2 unspecified atom stereocenters. The molecule has 2 aliphatic heterocycles. The highest BCUT2D eigenvalue weighted by Gasteiger charge is 2.27. The van der Waals surface area contributed by atoms with Gasteiger partial charge >= 0.3 is 0 Å². The minimum atomic E-state index is -0.182. The highest BCUT2D eigenvalue weighted by Crippen LogP contribution is 2.18. The maximum atomic E-state index is 12.8. The van der Waals surface area contributed by atoms with E-state index in [9.17, 15) is 9.59 Å². The van der Waals surface area contributed by atoms with Gasteiger partial charge in [-0.15, -0.1) is 0 Å². The molecule has 2 aliphatic rings. The smallest absolute Gasteiger partial charge is 0.219 e. The van der Waals surface area contributed by atoms with Crippen LogP contribution in [0, 0.1) is 0 Å². The topological polar surface area (TPSA) is 53.1 Å². The lowest BCUT2D eigenvalue weighted by molar-refractivity contribution is -0.130. The van der Waals surface area contributed by atoms with Crippen LogP contribution in [0.4, 0.5) is 0 Å². The van der Waals surface area contributed by atoms with Crippen molar-refractivity contribution in [2.24, 2.45) is 0 Å². The molecule has 2 saturated heterocycles. The lowest BCUT2D eigenvalue weighted by atomic mass is 10.0. The SMILES string of the molecule is CC(=O)N1CCN(C(C)C(=O)c2ccc(OCCCN3CCCC3C)cc2)CC1. The Morgan fingerprint density at radius 2 is 1.79 bits per heavy atom. The van der Waals surface area contributed by atoms with E-state index in [4.69, 9.17) is 4.74 Å². The van der Waals surface area contributed by atoms with Crippen molar-refractivity contribution in [2.75, 3.05) is 45.9 Å². The van der Waals surface area contributed by atoms with Crippen LogP contribution < -0.4 is 4.74 Å². The van der Waals surface area contributed by atoms with Crippen LogP contribution in [-0.4, -0.2) is 84.3 Å². The molecule has 160 valence electrons. The Balaban J connectivity index is 1.43. The van der Waals surface area contributed by atoms with Gasteiger partial charge in [0, 0.05) is 51.3 Å². The molecule has 2 fully saturated rings. The van der Waals surface area contributed by atoms with Crippen LogP contribution in [0.1, 0.15) is 50.4 Å². The molecule has 2 heterocycles. The first-order valence-corrected chi connectivity index (χ1v) is 11.0. The van der Waals surface area contributed by atoms with Crippen molar-refractivity contribution in [3.05, 3.63) is 29.8 Å². The Bertz CT molecular complexity index is 683. The fourth-order valence-electron chi connectivity index (χ4n) is 4.33. The van der Waals surface area contributed by atoms with Gasteiger partial charge in [0.05, 0.1) is 12.6 Å². The summed E-state index contributed by atoms with van der Waals surface area (Å²) in [4.78, 5) is 30.8. The number of piperazine rings is 1. The molecule has 0 bridgehead atoms. The van der Waals surface area contributed by atoms with E-state index in [-0.39, 0.29) is 17.7 Å². The lowest BCUT2D eigenvalue weighted by Gasteiger charge is -2.37. The zero-order valence-electron chi connectivity index (χ0n) is 18.1. The second-order valence-corrected chi connectivity index (χ2v) is 8.34. The Labute approximate surface area is 174 Å². The van der Waals surface area contributed by atoms with E-state index in [1.807, 2.05) is 36.1 Å². The summed E-state index contributed by atoms with van der Waals surface area (Å²) in [6.45, 7) is 11.7. The number of hydrogen-bond donors (Lipinski definition) is 0. The second-order valence-electron chi connectivity index (χ2n) is 8.34. The Kier molecular flexibility index (Phi) is 7.67.